The maximum Gasteiger partial charge on any atom is 0.251 e. The lowest BCUT2D eigenvalue weighted by Crippen LogP contribution is -2.36. The zero-order valence-electron chi connectivity index (χ0n) is 14.8. The first-order valence-corrected chi connectivity index (χ1v) is 7.86. The van der Waals surface area contributed by atoms with Crippen molar-refractivity contribution in [2.45, 2.75) is 26.5 Å². The first-order chi connectivity index (χ1) is 11.9. The Balaban J connectivity index is 1.90. The molecule has 2 amide bonds. The second-order valence-electron chi connectivity index (χ2n) is 5.92. The van der Waals surface area contributed by atoms with Gasteiger partial charge in [-0.2, -0.15) is 0 Å². The van der Waals surface area contributed by atoms with Crippen molar-refractivity contribution in [1.82, 2.24) is 30.4 Å². The van der Waals surface area contributed by atoms with E-state index < -0.39 is 0 Å². The number of likely N-dealkylation sites (N-methyl/N-ethyl adjacent to an activating group) is 1. The average Bonchev–Trinajstić information content (AvgIpc) is 3.06. The minimum Gasteiger partial charge on any atom is -0.486 e. The van der Waals surface area contributed by atoms with Gasteiger partial charge in [0.25, 0.3) is 5.91 Å². The lowest BCUT2D eigenvalue weighted by Gasteiger charge is -2.11. The third-order valence-corrected chi connectivity index (χ3v) is 3.43. The van der Waals surface area contributed by atoms with Crippen LogP contribution >= 0.6 is 0 Å². The molecule has 2 rings (SSSR count). The molecule has 1 N–H and O–H groups in total. The van der Waals surface area contributed by atoms with Crippen LogP contribution in [0.5, 0.6) is 5.75 Å². The molecule has 9 heteroatoms. The zero-order valence-corrected chi connectivity index (χ0v) is 14.8. The first-order valence-electron chi connectivity index (χ1n) is 7.86. The molecule has 0 bridgehead atoms. The second kappa shape index (κ2) is 8.22. The first kappa shape index (κ1) is 18.4. The Morgan fingerprint density at radius 1 is 1.24 bits per heavy atom. The van der Waals surface area contributed by atoms with Crippen LogP contribution in [-0.2, 0) is 11.4 Å². The number of hydrogen-bond donors (Lipinski definition) is 1. The molecule has 0 radical (unpaired) electrons. The van der Waals surface area contributed by atoms with E-state index in [9.17, 15) is 9.59 Å². The van der Waals surface area contributed by atoms with Gasteiger partial charge in [-0.1, -0.05) is 0 Å². The third-order valence-electron chi connectivity index (χ3n) is 3.43. The van der Waals surface area contributed by atoms with Crippen LogP contribution in [-0.4, -0.2) is 57.6 Å². The summed E-state index contributed by atoms with van der Waals surface area (Å²) in [4.78, 5) is 24.9. The van der Waals surface area contributed by atoms with Crippen molar-refractivity contribution in [2.75, 3.05) is 20.6 Å². The van der Waals surface area contributed by atoms with Crippen LogP contribution in [0.15, 0.2) is 24.3 Å². The molecule has 1 aromatic carbocycles. The molecule has 0 saturated heterocycles. The Morgan fingerprint density at radius 2 is 1.92 bits per heavy atom. The predicted molar refractivity (Wildman–Crippen MR) is 90.0 cm³/mol. The molecular formula is C16H22N6O3. The van der Waals surface area contributed by atoms with Crippen molar-refractivity contribution in [3.63, 3.8) is 0 Å². The van der Waals surface area contributed by atoms with E-state index in [2.05, 4.69) is 20.8 Å². The Morgan fingerprint density at radius 3 is 2.52 bits per heavy atom. The van der Waals surface area contributed by atoms with Crippen LogP contribution in [0.25, 0.3) is 0 Å². The number of tetrazole rings is 1. The van der Waals surface area contributed by atoms with Gasteiger partial charge in [0.05, 0.1) is 12.6 Å². The van der Waals surface area contributed by atoms with Crippen LogP contribution in [0.2, 0.25) is 0 Å². The molecular weight excluding hydrogens is 324 g/mol. The molecule has 0 aliphatic rings. The monoisotopic (exact) mass is 346 g/mol. The third kappa shape index (κ3) is 5.00. The summed E-state index contributed by atoms with van der Waals surface area (Å²) in [5.41, 5.74) is 0.450. The minimum atomic E-state index is -0.314. The highest BCUT2D eigenvalue weighted by atomic mass is 16.5. The van der Waals surface area contributed by atoms with Crippen LogP contribution in [0, 0.1) is 0 Å². The molecule has 134 valence electrons. The fourth-order valence-electron chi connectivity index (χ4n) is 1.97. The minimum absolute atomic E-state index is 0.0397. The molecule has 0 aliphatic carbocycles. The molecule has 0 unspecified atom stereocenters. The van der Waals surface area contributed by atoms with Crippen molar-refractivity contribution in [2.24, 2.45) is 0 Å². The van der Waals surface area contributed by atoms with Gasteiger partial charge in [0.1, 0.15) is 12.4 Å². The Labute approximate surface area is 146 Å². The molecule has 1 aromatic heterocycles. The Hall–Kier alpha value is -2.97. The van der Waals surface area contributed by atoms with Gasteiger partial charge in [0, 0.05) is 19.7 Å². The van der Waals surface area contributed by atoms with E-state index in [0.717, 1.165) is 0 Å². The number of benzene rings is 1. The number of nitrogens with zero attached hydrogens (tertiary/aromatic N) is 5. The number of carbonyl (C=O) groups is 2. The molecule has 2 aromatic rings. The highest BCUT2D eigenvalue weighted by Gasteiger charge is 2.11. The molecule has 0 spiro atoms. The molecule has 25 heavy (non-hydrogen) atoms. The SMILES string of the molecule is CC(C)n1nnnc1COc1ccc(C(=O)NCC(=O)N(C)C)cc1. The standard InChI is InChI=1S/C16H22N6O3/c1-11(2)22-14(18-19-20-22)10-25-13-7-5-12(6-8-13)16(24)17-9-15(23)21(3)4/h5-8,11H,9-10H2,1-4H3,(H,17,24). The lowest BCUT2D eigenvalue weighted by molar-refractivity contribution is -0.127. The van der Waals surface area contributed by atoms with Gasteiger partial charge in [0.2, 0.25) is 5.91 Å². The van der Waals surface area contributed by atoms with Gasteiger partial charge >= 0.3 is 0 Å². The summed E-state index contributed by atoms with van der Waals surface area (Å²) in [6.07, 6.45) is 0. The summed E-state index contributed by atoms with van der Waals surface area (Å²) in [7, 11) is 3.27. The van der Waals surface area contributed by atoms with E-state index in [1.165, 1.54) is 4.90 Å². The summed E-state index contributed by atoms with van der Waals surface area (Å²) in [6.45, 7) is 4.15. The maximum atomic E-state index is 12.0. The van der Waals surface area contributed by atoms with Gasteiger partial charge < -0.3 is 15.0 Å². The van der Waals surface area contributed by atoms with Gasteiger partial charge in [-0.05, 0) is 48.5 Å². The van der Waals surface area contributed by atoms with Crippen LogP contribution in [0.3, 0.4) is 0 Å². The van der Waals surface area contributed by atoms with E-state index >= 15 is 0 Å². The van der Waals surface area contributed by atoms with Crippen LogP contribution < -0.4 is 10.1 Å². The number of nitrogens with one attached hydrogen (secondary N) is 1. The van der Waals surface area contributed by atoms with Crippen molar-refractivity contribution < 1.29 is 14.3 Å². The number of rotatable bonds is 7. The van der Waals surface area contributed by atoms with Crippen LogP contribution in [0.1, 0.15) is 36.1 Å². The van der Waals surface area contributed by atoms with E-state index in [0.29, 0.717) is 17.1 Å². The van der Waals surface area contributed by atoms with Crippen LogP contribution in [0.4, 0.5) is 0 Å². The second-order valence-corrected chi connectivity index (χ2v) is 5.92. The molecule has 0 atom stereocenters. The molecule has 9 nitrogen and oxygen atoms in total. The smallest absolute Gasteiger partial charge is 0.251 e. The number of aromatic nitrogens is 4. The van der Waals surface area contributed by atoms with Crippen molar-refractivity contribution in [3.05, 3.63) is 35.7 Å². The summed E-state index contributed by atoms with van der Waals surface area (Å²) in [6, 6.07) is 6.79. The van der Waals surface area contributed by atoms with E-state index in [1.54, 1.807) is 43.0 Å². The molecule has 0 aliphatic heterocycles. The molecule has 0 saturated carbocycles. The highest BCUT2D eigenvalue weighted by molar-refractivity contribution is 5.96. The number of carbonyl (C=O) groups excluding carboxylic acids is 2. The number of ether oxygens (including phenoxy) is 1. The molecule has 1 heterocycles. The fraction of sp³-hybridized carbons (Fsp3) is 0.438. The van der Waals surface area contributed by atoms with Gasteiger partial charge in [0.15, 0.2) is 5.82 Å². The quantitative estimate of drug-likeness (QED) is 0.790. The summed E-state index contributed by atoms with van der Waals surface area (Å²) >= 11 is 0. The Bertz CT molecular complexity index is 724. The normalized spacial score (nSPS) is 10.6. The maximum absolute atomic E-state index is 12.0. The van der Waals surface area contributed by atoms with Gasteiger partial charge in [-0.25, -0.2) is 4.68 Å². The summed E-state index contributed by atoms with van der Waals surface area (Å²) in [5.74, 6) is 0.736. The van der Waals surface area contributed by atoms with E-state index in [-0.39, 0.29) is 31.0 Å². The zero-order chi connectivity index (χ0) is 18.4. The number of amides is 2. The average molecular weight is 346 g/mol. The van der Waals surface area contributed by atoms with Crippen molar-refractivity contribution in [1.29, 1.82) is 0 Å². The van der Waals surface area contributed by atoms with Crippen molar-refractivity contribution in [3.8, 4) is 5.75 Å². The van der Waals surface area contributed by atoms with E-state index in [1.807, 2.05) is 13.8 Å². The van der Waals surface area contributed by atoms with E-state index in [4.69, 9.17) is 4.74 Å². The number of hydrogen-bond acceptors (Lipinski definition) is 6. The predicted octanol–water partition coefficient (Wildman–Crippen LogP) is 0.651. The Kier molecular flexibility index (Phi) is 6.04. The molecule has 0 fully saturated rings. The van der Waals surface area contributed by atoms with Crippen molar-refractivity contribution >= 4 is 11.8 Å². The largest absolute Gasteiger partial charge is 0.486 e. The van der Waals surface area contributed by atoms with Gasteiger partial charge in [-0.3, -0.25) is 9.59 Å². The summed E-state index contributed by atoms with van der Waals surface area (Å²) in [5, 5.41) is 14.0. The van der Waals surface area contributed by atoms with Gasteiger partial charge in [-0.15, -0.1) is 5.10 Å². The fourth-order valence-corrected chi connectivity index (χ4v) is 1.97. The topological polar surface area (TPSA) is 102 Å². The lowest BCUT2D eigenvalue weighted by atomic mass is 10.2. The highest BCUT2D eigenvalue weighted by Crippen LogP contribution is 2.14. The summed E-state index contributed by atoms with van der Waals surface area (Å²) < 4.78 is 7.33.